The van der Waals surface area contributed by atoms with Gasteiger partial charge in [0.15, 0.2) is 0 Å². The van der Waals surface area contributed by atoms with Crippen LogP contribution in [0.25, 0.3) is 11.0 Å². The molecule has 0 radical (unpaired) electrons. The van der Waals surface area contributed by atoms with Gasteiger partial charge in [-0.2, -0.15) is 0 Å². The van der Waals surface area contributed by atoms with E-state index in [1.54, 1.807) is 6.33 Å². The molecule has 140 valence electrons. The van der Waals surface area contributed by atoms with Crippen LogP contribution in [-0.4, -0.2) is 51.2 Å². The Bertz CT molecular complexity index is 836. The van der Waals surface area contributed by atoms with Crippen molar-refractivity contribution in [2.24, 2.45) is 0 Å². The van der Waals surface area contributed by atoms with Gasteiger partial charge in [-0.15, -0.1) is 0 Å². The van der Waals surface area contributed by atoms with Crippen LogP contribution in [0.5, 0.6) is 0 Å². The predicted molar refractivity (Wildman–Crippen MR) is 99.0 cm³/mol. The molecule has 7 heteroatoms. The standard InChI is InChI=1S/C19H27N5O2/c1-18(2,3)26-17(25)24-8-7-20-10-19(24,4)15-14-13(12-5-6-12)9-21-16(14)23-11-22-15/h9,11-12,20H,5-8,10H2,1-4H3,(H,21,22,23). The monoisotopic (exact) mass is 357 g/mol. The van der Waals surface area contributed by atoms with Gasteiger partial charge in [-0.1, -0.05) is 0 Å². The van der Waals surface area contributed by atoms with Crippen LogP contribution >= 0.6 is 0 Å². The Balaban J connectivity index is 1.80. The number of rotatable bonds is 2. The minimum atomic E-state index is -0.590. The Kier molecular flexibility index (Phi) is 3.95. The number of piperazine rings is 1. The molecule has 1 atom stereocenters. The van der Waals surface area contributed by atoms with Crippen molar-refractivity contribution in [2.75, 3.05) is 19.6 Å². The molecule has 0 bridgehead atoms. The van der Waals surface area contributed by atoms with E-state index in [4.69, 9.17) is 4.74 Å². The molecular formula is C19H27N5O2. The smallest absolute Gasteiger partial charge is 0.411 e. The summed E-state index contributed by atoms with van der Waals surface area (Å²) in [5.74, 6) is 0.573. The number of ether oxygens (including phenoxy) is 1. The number of nitrogens with zero attached hydrogens (tertiary/aromatic N) is 3. The number of amides is 1. The van der Waals surface area contributed by atoms with Gasteiger partial charge in [-0.05, 0) is 52.0 Å². The number of carbonyl (C=O) groups excluding carboxylic acids is 1. The van der Waals surface area contributed by atoms with Gasteiger partial charge in [0, 0.05) is 31.2 Å². The third-order valence-corrected chi connectivity index (χ3v) is 5.22. The zero-order valence-corrected chi connectivity index (χ0v) is 15.9. The third-order valence-electron chi connectivity index (χ3n) is 5.22. The van der Waals surface area contributed by atoms with E-state index in [0.717, 1.165) is 23.3 Å². The van der Waals surface area contributed by atoms with E-state index >= 15 is 0 Å². The fraction of sp³-hybridized carbons (Fsp3) is 0.632. The average molecular weight is 357 g/mol. The van der Waals surface area contributed by atoms with Gasteiger partial charge < -0.3 is 15.0 Å². The lowest BCUT2D eigenvalue weighted by Crippen LogP contribution is -2.60. The number of H-pyrrole nitrogens is 1. The Morgan fingerprint density at radius 2 is 2.12 bits per heavy atom. The van der Waals surface area contributed by atoms with Crippen LogP contribution in [0, 0.1) is 0 Å². The number of nitrogens with one attached hydrogen (secondary N) is 2. The van der Waals surface area contributed by atoms with E-state index < -0.39 is 11.1 Å². The summed E-state index contributed by atoms with van der Waals surface area (Å²) in [4.78, 5) is 27.1. The van der Waals surface area contributed by atoms with Crippen LogP contribution in [0.1, 0.15) is 57.7 Å². The summed E-state index contributed by atoms with van der Waals surface area (Å²) in [7, 11) is 0. The van der Waals surface area contributed by atoms with Crippen LogP contribution in [0.4, 0.5) is 4.79 Å². The van der Waals surface area contributed by atoms with Crippen molar-refractivity contribution in [1.82, 2.24) is 25.2 Å². The number of aromatic amines is 1. The number of aromatic nitrogens is 3. The Morgan fingerprint density at radius 3 is 2.81 bits per heavy atom. The van der Waals surface area contributed by atoms with E-state index in [1.165, 1.54) is 18.4 Å². The van der Waals surface area contributed by atoms with Crippen molar-refractivity contribution in [3.05, 3.63) is 23.8 Å². The minimum absolute atomic E-state index is 0.295. The summed E-state index contributed by atoms with van der Waals surface area (Å²) < 4.78 is 5.69. The van der Waals surface area contributed by atoms with Gasteiger partial charge in [0.25, 0.3) is 0 Å². The van der Waals surface area contributed by atoms with Gasteiger partial charge in [0.2, 0.25) is 0 Å². The first-order valence-electron chi connectivity index (χ1n) is 9.33. The molecule has 2 N–H and O–H groups in total. The third kappa shape index (κ3) is 2.94. The van der Waals surface area contributed by atoms with Crippen molar-refractivity contribution in [3.63, 3.8) is 0 Å². The second kappa shape index (κ2) is 5.94. The molecule has 1 aliphatic heterocycles. The van der Waals surface area contributed by atoms with Gasteiger partial charge in [0.05, 0.1) is 11.2 Å². The summed E-state index contributed by atoms with van der Waals surface area (Å²) >= 11 is 0. The Labute approximate surface area is 153 Å². The number of hydrogen-bond donors (Lipinski definition) is 2. The first kappa shape index (κ1) is 17.3. The second-order valence-corrected chi connectivity index (χ2v) is 8.55. The molecule has 7 nitrogen and oxygen atoms in total. The summed E-state index contributed by atoms with van der Waals surface area (Å²) in [6.07, 6.45) is 5.74. The van der Waals surface area contributed by atoms with Crippen molar-refractivity contribution in [3.8, 4) is 0 Å². The maximum absolute atomic E-state index is 12.9. The van der Waals surface area contributed by atoms with E-state index in [1.807, 2.05) is 25.7 Å². The van der Waals surface area contributed by atoms with Gasteiger partial charge in [-0.3, -0.25) is 4.90 Å². The molecular weight excluding hydrogens is 330 g/mol. The zero-order chi connectivity index (χ0) is 18.5. The molecule has 1 amide bonds. The van der Waals surface area contributed by atoms with Crippen molar-refractivity contribution in [2.45, 2.75) is 57.6 Å². The molecule has 1 saturated carbocycles. The molecule has 1 aliphatic carbocycles. The second-order valence-electron chi connectivity index (χ2n) is 8.55. The molecule has 2 aromatic rings. The molecule has 2 aromatic heterocycles. The lowest BCUT2D eigenvalue weighted by Gasteiger charge is -2.45. The van der Waals surface area contributed by atoms with Gasteiger partial charge in [0.1, 0.15) is 17.6 Å². The molecule has 1 unspecified atom stereocenters. The fourth-order valence-electron chi connectivity index (χ4n) is 3.80. The van der Waals surface area contributed by atoms with Gasteiger partial charge >= 0.3 is 6.09 Å². The SMILES string of the molecule is CC(C)(C)OC(=O)N1CCNCC1(C)c1ncnc2[nH]cc(C3CC3)c12. The molecule has 4 rings (SSSR count). The summed E-state index contributed by atoms with van der Waals surface area (Å²) in [5, 5.41) is 4.49. The fourth-order valence-corrected chi connectivity index (χ4v) is 3.80. The summed E-state index contributed by atoms with van der Waals surface area (Å²) in [6, 6.07) is 0. The molecule has 0 aromatic carbocycles. The zero-order valence-electron chi connectivity index (χ0n) is 15.9. The van der Waals surface area contributed by atoms with Crippen molar-refractivity contribution < 1.29 is 9.53 Å². The highest BCUT2D eigenvalue weighted by atomic mass is 16.6. The highest BCUT2D eigenvalue weighted by Crippen LogP contribution is 2.45. The van der Waals surface area contributed by atoms with Crippen molar-refractivity contribution >= 4 is 17.1 Å². The highest BCUT2D eigenvalue weighted by molar-refractivity contribution is 5.85. The largest absolute Gasteiger partial charge is 0.444 e. The Hall–Kier alpha value is -2.15. The van der Waals surface area contributed by atoms with Crippen LogP contribution in [-0.2, 0) is 10.3 Å². The van der Waals surface area contributed by atoms with Crippen LogP contribution in [0.15, 0.2) is 12.5 Å². The maximum atomic E-state index is 12.9. The normalized spacial score (nSPS) is 24.1. The minimum Gasteiger partial charge on any atom is -0.444 e. The van der Waals surface area contributed by atoms with E-state index in [9.17, 15) is 4.79 Å². The quantitative estimate of drug-likeness (QED) is 0.863. The molecule has 1 saturated heterocycles. The molecule has 0 spiro atoms. The number of fused-ring (bicyclic) bond motifs is 1. The number of hydrogen-bond acceptors (Lipinski definition) is 5. The van der Waals surface area contributed by atoms with Crippen LogP contribution in [0.3, 0.4) is 0 Å². The van der Waals surface area contributed by atoms with Crippen LogP contribution in [0.2, 0.25) is 0 Å². The molecule has 2 fully saturated rings. The van der Waals surface area contributed by atoms with E-state index in [0.29, 0.717) is 19.0 Å². The molecule has 3 heterocycles. The highest BCUT2D eigenvalue weighted by Gasteiger charge is 2.44. The van der Waals surface area contributed by atoms with E-state index in [-0.39, 0.29) is 6.09 Å². The van der Waals surface area contributed by atoms with Gasteiger partial charge in [-0.25, -0.2) is 14.8 Å². The lowest BCUT2D eigenvalue weighted by atomic mass is 9.89. The topological polar surface area (TPSA) is 83.1 Å². The first-order valence-corrected chi connectivity index (χ1v) is 9.33. The maximum Gasteiger partial charge on any atom is 0.411 e. The van der Waals surface area contributed by atoms with E-state index in [2.05, 4.69) is 33.4 Å². The summed E-state index contributed by atoms with van der Waals surface area (Å²) in [6.45, 7) is 9.70. The molecule has 26 heavy (non-hydrogen) atoms. The predicted octanol–water partition coefficient (Wildman–Crippen LogP) is 2.89. The Morgan fingerprint density at radius 1 is 1.35 bits per heavy atom. The summed E-state index contributed by atoms with van der Waals surface area (Å²) in [5.41, 5.74) is 1.88. The van der Waals surface area contributed by atoms with Crippen LogP contribution < -0.4 is 5.32 Å². The molecule has 2 aliphatic rings. The number of carbonyl (C=O) groups is 1. The first-order chi connectivity index (χ1) is 12.3. The lowest BCUT2D eigenvalue weighted by molar-refractivity contribution is -0.00886. The van der Waals surface area contributed by atoms with Crippen molar-refractivity contribution in [1.29, 1.82) is 0 Å². The average Bonchev–Trinajstić information content (AvgIpc) is 3.32.